The number of aryl methyl sites for hydroxylation is 1. The Balaban J connectivity index is 2.57. The molecule has 0 aliphatic heterocycles. The highest BCUT2D eigenvalue weighted by Gasteiger charge is 2.18. The summed E-state index contributed by atoms with van der Waals surface area (Å²) < 4.78 is 0. The van der Waals surface area contributed by atoms with E-state index in [4.69, 9.17) is 23.2 Å². The van der Waals surface area contributed by atoms with Crippen LogP contribution in [-0.4, -0.2) is 18.3 Å². The lowest BCUT2D eigenvalue weighted by Crippen LogP contribution is -2.34. The minimum atomic E-state index is -0.0825. The van der Waals surface area contributed by atoms with Gasteiger partial charge in [-0.2, -0.15) is 0 Å². The highest BCUT2D eigenvalue weighted by molar-refractivity contribution is 6.31. The quantitative estimate of drug-likeness (QED) is 0.774. The Morgan fingerprint density at radius 3 is 2.63 bits per heavy atom. The summed E-state index contributed by atoms with van der Waals surface area (Å²) in [7, 11) is 0. The van der Waals surface area contributed by atoms with Crippen LogP contribution in [0.4, 0.5) is 0 Å². The van der Waals surface area contributed by atoms with E-state index in [2.05, 4.69) is 19.2 Å². The van der Waals surface area contributed by atoms with Gasteiger partial charge in [-0.15, -0.1) is 11.6 Å². The molecule has 0 heterocycles. The molecule has 1 N–H and O–H groups in total. The van der Waals surface area contributed by atoms with Crippen LogP contribution in [0.25, 0.3) is 0 Å². The maximum atomic E-state index is 12.0. The van der Waals surface area contributed by atoms with Crippen molar-refractivity contribution in [2.75, 3.05) is 12.4 Å². The van der Waals surface area contributed by atoms with Crippen LogP contribution in [0, 0.1) is 12.3 Å². The molecule has 0 saturated carbocycles. The SMILES string of the molecule is Cc1ccc(C(=O)NCC(C)(C)CCCCl)cc1Cl. The van der Waals surface area contributed by atoms with Crippen molar-refractivity contribution in [2.24, 2.45) is 5.41 Å². The van der Waals surface area contributed by atoms with E-state index >= 15 is 0 Å². The van der Waals surface area contributed by atoms with Gasteiger partial charge in [0.25, 0.3) is 5.91 Å². The zero-order chi connectivity index (χ0) is 14.5. The largest absolute Gasteiger partial charge is 0.352 e. The molecule has 1 amide bonds. The molecule has 0 fully saturated rings. The van der Waals surface area contributed by atoms with Crippen LogP contribution in [0.3, 0.4) is 0 Å². The predicted octanol–water partition coefficient (Wildman–Crippen LogP) is 4.42. The van der Waals surface area contributed by atoms with Crippen molar-refractivity contribution in [3.05, 3.63) is 34.3 Å². The molecule has 0 saturated heterocycles. The van der Waals surface area contributed by atoms with Gasteiger partial charge in [-0.3, -0.25) is 4.79 Å². The maximum Gasteiger partial charge on any atom is 0.251 e. The van der Waals surface area contributed by atoms with Crippen LogP contribution in [0.2, 0.25) is 5.02 Å². The second kappa shape index (κ2) is 7.16. The van der Waals surface area contributed by atoms with Gasteiger partial charge in [0, 0.05) is 23.0 Å². The van der Waals surface area contributed by atoms with Gasteiger partial charge >= 0.3 is 0 Å². The molecule has 4 heteroatoms. The molecule has 0 bridgehead atoms. The van der Waals surface area contributed by atoms with E-state index in [1.54, 1.807) is 12.1 Å². The third-order valence-electron chi connectivity index (χ3n) is 3.15. The Kier molecular flexibility index (Phi) is 6.15. The van der Waals surface area contributed by atoms with Crippen molar-refractivity contribution in [1.82, 2.24) is 5.32 Å². The first-order valence-electron chi connectivity index (χ1n) is 6.46. The van der Waals surface area contributed by atoms with E-state index in [0.717, 1.165) is 18.4 Å². The van der Waals surface area contributed by atoms with Gasteiger partial charge in [-0.05, 0) is 42.9 Å². The Morgan fingerprint density at radius 1 is 1.37 bits per heavy atom. The van der Waals surface area contributed by atoms with Crippen LogP contribution < -0.4 is 5.32 Å². The normalized spacial score (nSPS) is 11.4. The predicted molar refractivity (Wildman–Crippen MR) is 82.3 cm³/mol. The molecule has 0 atom stereocenters. The minimum absolute atomic E-state index is 0.0546. The monoisotopic (exact) mass is 301 g/mol. The molecule has 1 aromatic carbocycles. The van der Waals surface area contributed by atoms with Crippen LogP contribution in [0.15, 0.2) is 18.2 Å². The first-order chi connectivity index (χ1) is 8.85. The fourth-order valence-electron chi connectivity index (χ4n) is 1.79. The fourth-order valence-corrected chi connectivity index (χ4v) is 2.10. The fraction of sp³-hybridized carbons (Fsp3) is 0.533. The highest BCUT2D eigenvalue weighted by atomic mass is 35.5. The number of rotatable bonds is 6. The standard InChI is InChI=1S/C15H21Cl2NO/c1-11-5-6-12(9-13(11)17)14(19)18-10-15(2,3)7-4-8-16/h5-6,9H,4,7-8,10H2,1-3H3,(H,18,19). The first-order valence-corrected chi connectivity index (χ1v) is 7.37. The van der Waals surface area contributed by atoms with Crippen molar-refractivity contribution in [3.63, 3.8) is 0 Å². The van der Waals surface area contributed by atoms with Crippen LogP contribution >= 0.6 is 23.2 Å². The molecule has 106 valence electrons. The molecule has 0 unspecified atom stereocenters. The average molecular weight is 302 g/mol. The first kappa shape index (κ1) is 16.3. The van der Waals surface area contributed by atoms with Crippen molar-refractivity contribution in [3.8, 4) is 0 Å². The van der Waals surface area contributed by atoms with E-state index in [-0.39, 0.29) is 11.3 Å². The van der Waals surface area contributed by atoms with Gasteiger partial charge in [0.15, 0.2) is 0 Å². The summed E-state index contributed by atoms with van der Waals surface area (Å²) in [4.78, 5) is 12.0. The average Bonchev–Trinajstić information content (AvgIpc) is 2.37. The number of hydrogen-bond donors (Lipinski definition) is 1. The summed E-state index contributed by atoms with van der Waals surface area (Å²) in [6, 6.07) is 5.36. The number of carbonyl (C=O) groups is 1. The zero-order valence-corrected chi connectivity index (χ0v) is 13.2. The summed E-state index contributed by atoms with van der Waals surface area (Å²) in [5.74, 6) is 0.575. The number of amides is 1. The summed E-state index contributed by atoms with van der Waals surface area (Å²) >= 11 is 11.7. The smallest absolute Gasteiger partial charge is 0.251 e. The molecule has 0 aliphatic carbocycles. The Labute approximate surface area is 125 Å². The number of carbonyl (C=O) groups excluding carboxylic acids is 1. The van der Waals surface area contributed by atoms with Crippen molar-refractivity contribution >= 4 is 29.1 Å². The van der Waals surface area contributed by atoms with Crippen LogP contribution in [0.5, 0.6) is 0 Å². The molecular formula is C15H21Cl2NO. The number of alkyl halides is 1. The lowest BCUT2D eigenvalue weighted by molar-refractivity contribution is 0.0934. The number of halogens is 2. The van der Waals surface area contributed by atoms with E-state index in [1.165, 1.54) is 0 Å². The number of nitrogens with one attached hydrogen (secondary N) is 1. The highest BCUT2D eigenvalue weighted by Crippen LogP contribution is 2.22. The molecule has 0 aliphatic rings. The van der Waals surface area contributed by atoms with E-state index in [9.17, 15) is 4.79 Å². The zero-order valence-electron chi connectivity index (χ0n) is 11.7. The van der Waals surface area contributed by atoms with Crippen LogP contribution in [-0.2, 0) is 0 Å². The van der Waals surface area contributed by atoms with Crippen molar-refractivity contribution in [1.29, 1.82) is 0 Å². The molecule has 19 heavy (non-hydrogen) atoms. The summed E-state index contributed by atoms with van der Waals surface area (Å²) in [6.07, 6.45) is 1.95. The molecule has 0 aromatic heterocycles. The lowest BCUT2D eigenvalue weighted by Gasteiger charge is -2.24. The molecule has 0 spiro atoms. The molecule has 1 aromatic rings. The summed E-state index contributed by atoms with van der Waals surface area (Å²) in [5.41, 5.74) is 1.63. The third-order valence-corrected chi connectivity index (χ3v) is 3.82. The van der Waals surface area contributed by atoms with Crippen LogP contribution in [0.1, 0.15) is 42.6 Å². The molecular weight excluding hydrogens is 281 g/mol. The Hall–Kier alpha value is -0.730. The summed E-state index contributed by atoms with van der Waals surface area (Å²) in [6.45, 7) is 6.80. The van der Waals surface area contributed by atoms with Crippen molar-refractivity contribution < 1.29 is 4.79 Å². The second-order valence-electron chi connectivity index (χ2n) is 5.60. The Bertz CT molecular complexity index is 444. The number of hydrogen-bond acceptors (Lipinski definition) is 1. The second-order valence-corrected chi connectivity index (χ2v) is 6.39. The molecule has 2 nitrogen and oxygen atoms in total. The van der Waals surface area contributed by atoms with Gasteiger partial charge in [0.1, 0.15) is 0 Å². The minimum Gasteiger partial charge on any atom is -0.352 e. The van der Waals surface area contributed by atoms with Gasteiger partial charge in [-0.1, -0.05) is 31.5 Å². The van der Waals surface area contributed by atoms with E-state index < -0.39 is 0 Å². The topological polar surface area (TPSA) is 29.1 Å². The van der Waals surface area contributed by atoms with Gasteiger partial charge < -0.3 is 5.32 Å². The lowest BCUT2D eigenvalue weighted by atomic mass is 9.88. The summed E-state index contributed by atoms with van der Waals surface area (Å²) in [5, 5.41) is 3.57. The third kappa shape index (κ3) is 5.42. The van der Waals surface area contributed by atoms with Gasteiger partial charge in [-0.25, -0.2) is 0 Å². The maximum absolute atomic E-state index is 12.0. The Morgan fingerprint density at radius 2 is 2.05 bits per heavy atom. The van der Waals surface area contributed by atoms with Gasteiger partial charge in [0.2, 0.25) is 0 Å². The van der Waals surface area contributed by atoms with Gasteiger partial charge in [0.05, 0.1) is 0 Å². The molecule has 0 radical (unpaired) electrons. The van der Waals surface area contributed by atoms with E-state index in [0.29, 0.717) is 23.0 Å². The molecule has 1 rings (SSSR count). The van der Waals surface area contributed by atoms with Crippen molar-refractivity contribution in [2.45, 2.75) is 33.6 Å². The number of benzene rings is 1. The van der Waals surface area contributed by atoms with E-state index in [1.807, 2.05) is 13.0 Å².